The quantitative estimate of drug-likeness (QED) is 0.730. The van der Waals surface area contributed by atoms with Gasteiger partial charge in [-0.15, -0.1) is 0 Å². The maximum atomic E-state index is 11.7. The van der Waals surface area contributed by atoms with Crippen molar-refractivity contribution in [1.29, 1.82) is 0 Å². The van der Waals surface area contributed by atoms with Gasteiger partial charge in [0.15, 0.2) is 0 Å². The van der Waals surface area contributed by atoms with Gasteiger partial charge < -0.3 is 13.9 Å². The van der Waals surface area contributed by atoms with Crippen LogP contribution in [-0.2, 0) is 14.3 Å². The molecule has 1 aliphatic rings. The standard InChI is InChI=1S/C12H17NO4/c1-15-12(14)10(11-3-2-6-17-11)9-13-4-7-16-8-5-13/h2-3,6,10H,4-5,7-9H2,1H3. The van der Waals surface area contributed by atoms with E-state index in [1.165, 1.54) is 7.11 Å². The second-order valence-electron chi connectivity index (χ2n) is 4.00. The normalized spacial score (nSPS) is 18.9. The molecule has 1 unspecified atom stereocenters. The summed E-state index contributed by atoms with van der Waals surface area (Å²) in [5.41, 5.74) is 0. The second-order valence-corrected chi connectivity index (χ2v) is 4.00. The van der Waals surface area contributed by atoms with Crippen molar-refractivity contribution in [2.75, 3.05) is 40.0 Å². The maximum absolute atomic E-state index is 11.7. The molecule has 2 rings (SSSR count). The largest absolute Gasteiger partial charge is 0.468 e. The first-order chi connectivity index (χ1) is 8.31. The molecular formula is C12H17NO4. The lowest BCUT2D eigenvalue weighted by Gasteiger charge is -2.28. The second kappa shape index (κ2) is 5.84. The molecule has 0 saturated carbocycles. The lowest BCUT2D eigenvalue weighted by atomic mass is 10.1. The van der Waals surface area contributed by atoms with E-state index in [2.05, 4.69) is 4.90 Å². The van der Waals surface area contributed by atoms with Crippen molar-refractivity contribution in [2.45, 2.75) is 5.92 Å². The maximum Gasteiger partial charge on any atom is 0.317 e. The third-order valence-corrected chi connectivity index (χ3v) is 2.92. The highest BCUT2D eigenvalue weighted by atomic mass is 16.5. The van der Waals surface area contributed by atoms with Crippen LogP contribution in [-0.4, -0.2) is 50.8 Å². The molecule has 0 aromatic carbocycles. The molecule has 1 aromatic rings. The number of morpholine rings is 1. The van der Waals surface area contributed by atoms with Gasteiger partial charge in [-0.3, -0.25) is 9.69 Å². The number of rotatable bonds is 4. The molecule has 5 nitrogen and oxygen atoms in total. The van der Waals surface area contributed by atoms with Crippen LogP contribution in [0.2, 0.25) is 0 Å². The minimum absolute atomic E-state index is 0.258. The molecule has 94 valence electrons. The molecule has 1 aliphatic heterocycles. The Hall–Kier alpha value is -1.33. The molecule has 0 aliphatic carbocycles. The van der Waals surface area contributed by atoms with Crippen LogP contribution in [0.25, 0.3) is 0 Å². The number of methoxy groups -OCH3 is 1. The molecule has 0 radical (unpaired) electrons. The van der Waals surface area contributed by atoms with Gasteiger partial charge in [-0.2, -0.15) is 0 Å². The summed E-state index contributed by atoms with van der Waals surface area (Å²) in [6, 6.07) is 3.59. The predicted octanol–water partition coefficient (Wildman–Crippen LogP) is 0.868. The van der Waals surface area contributed by atoms with Gasteiger partial charge in [0.25, 0.3) is 0 Å². The number of esters is 1. The van der Waals surface area contributed by atoms with E-state index in [-0.39, 0.29) is 11.9 Å². The molecule has 0 N–H and O–H groups in total. The number of hydrogen-bond donors (Lipinski definition) is 0. The number of ether oxygens (including phenoxy) is 2. The van der Waals surface area contributed by atoms with Gasteiger partial charge in [0.05, 0.1) is 26.6 Å². The summed E-state index contributed by atoms with van der Waals surface area (Å²) in [7, 11) is 1.40. The lowest BCUT2D eigenvalue weighted by molar-refractivity contribution is -0.143. The van der Waals surface area contributed by atoms with Crippen LogP contribution >= 0.6 is 0 Å². The predicted molar refractivity (Wildman–Crippen MR) is 60.7 cm³/mol. The van der Waals surface area contributed by atoms with Gasteiger partial charge in [0.2, 0.25) is 0 Å². The molecule has 1 atom stereocenters. The molecular weight excluding hydrogens is 222 g/mol. The lowest BCUT2D eigenvalue weighted by Crippen LogP contribution is -2.40. The van der Waals surface area contributed by atoms with Crippen LogP contribution in [0.15, 0.2) is 22.8 Å². The van der Waals surface area contributed by atoms with E-state index in [1.54, 1.807) is 12.3 Å². The van der Waals surface area contributed by atoms with Crippen molar-refractivity contribution in [3.8, 4) is 0 Å². The Labute approximate surface area is 100 Å². The first-order valence-corrected chi connectivity index (χ1v) is 5.72. The van der Waals surface area contributed by atoms with E-state index >= 15 is 0 Å². The number of hydrogen-bond acceptors (Lipinski definition) is 5. The molecule has 0 amide bonds. The number of furan rings is 1. The van der Waals surface area contributed by atoms with Crippen LogP contribution in [0.5, 0.6) is 0 Å². The Balaban J connectivity index is 2.02. The highest BCUT2D eigenvalue weighted by Crippen LogP contribution is 2.19. The summed E-state index contributed by atoms with van der Waals surface area (Å²) in [6.07, 6.45) is 1.57. The van der Waals surface area contributed by atoms with Crippen LogP contribution in [0.1, 0.15) is 11.7 Å². The molecule has 0 spiro atoms. The summed E-state index contributed by atoms with van der Waals surface area (Å²) < 4.78 is 15.4. The Bertz CT molecular complexity index is 343. The van der Waals surface area contributed by atoms with Crippen molar-refractivity contribution in [3.05, 3.63) is 24.2 Å². The highest BCUT2D eigenvalue weighted by Gasteiger charge is 2.27. The topological polar surface area (TPSA) is 51.9 Å². The zero-order valence-electron chi connectivity index (χ0n) is 9.93. The van der Waals surface area contributed by atoms with E-state index in [0.717, 1.165) is 13.1 Å². The fourth-order valence-corrected chi connectivity index (χ4v) is 1.95. The Morgan fingerprint density at radius 1 is 1.53 bits per heavy atom. The highest BCUT2D eigenvalue weighted by molar-refractivity contribution is 5.77. The monoisotopic (exact) mass is 239 g/mol. The van der Waals surface area contributed by atoms with E-state index in [0.29, 0.717) is 25.5 Å². The van der Waals surface area contributed by atoms with Crippen LogP contribution in [0.3, 0.4) is 0 Å². The molecule has 0 bridgehead atoms. The molecule has 2 heterocycles. The van der Waals surface area contributed by atoms with Crippen LogP contribution in [0, 0.1) is 0 Å². The number of carbonyl (C=O) groups is 1. The summed E-state index contributed by atoms with van der Waals surface area (Å²) in [6.45, 7) is 3.73. The Morgan fingerprint density at radius 2 is 2.29 bits per heavy atom. The molecule has 1 saturated heterocycles. The minimum Gasteiger partial charge on any atom is -0.468 e. The van der Waals surface area contributed by atoms with Crippen molar-refractivity contribution >= 4 is 5.97 Å². The summed E-state index contributed by atoms with van der Waals surface area (Å²) in [5, 5.41) is 0. The third-order valence-electron chi connectivity index (χ3n) is 2.92. The fourth-order valence-electron chi connectivity index (χ4n) is 1.95. The SMILES string of the molecule is COC(=O)C(CN1CCOCC1)c1ccco1. The van der Waals surface area contributed by atoms with Crippen LogP contribution < -0.4 is 0 Å². The summed E-state index contributed by atoms with van der Waals surface area (Å²) >= 11 is 0. The summed E-state index contributed by atoms with van der Waals surface area (Å²) in [5.74, 6) is 0.0443. The van der Waals surface area contributed by atoms with Gasteiger partial charge in [-0.25, -0.2) is 0 Å². The van der Waals surface area contributed by atoms with E-state index < -0.39 is 0 Å². The average Bonchev–Trinajstić information content (AvgIpc) is 2.90. The minimum atomic E-state index is -0.354. The van der Waals surface area contributed by atoms with Crippen molar-refractivity contribution in [2.24, 2.45) is 0 Å². The first-order valence-electron chi connectivity index (χ1n) is 5.72. The van der Waals surface area contributed by atoms with E-state index in [4.69, 9.17) is 13.9 Å². The fraction of sp³-hybridized carbons (Fsp3) is 0.583. The van der Waals surface area contributed by atoms with E-state index in [1.807, 2.05) is 6.07 Å². The van der Waals surface area contributed by atoms with Gasteiger partial charge in [0, 0.05) is 19.6 Å². The molecule has 5 heteroatoms. The van der Waals surface area contributed by atoms with Gasteiger partial charge in [0.1, 0.15) is 11.7 Å². The molecule has 1 aromatic heterocycles. The Kier molecular flexibility index (Phi) is 4.17. The van der Waals surface area contributed by atoms with Crippen molar-refractivity contribution < 1.29 is 18.7 Å². The third kappa shape index (κ3) is 3.08. The first kappa shape index (κ1) is 12.1. The number of nitrogens with zero attached hydrogens (tertiary/aromatic N) is 1. The van der Waals surface area contributed by atoms with Gasteiger partial charge in [-0.05, 0) is 12.1 Å². The van der Waals surface area contributed by atoms with Gasteiger partial charge >= 0.3 is 5.97 Å². The zero-order chi connectivity index (χ0) is 12.1. The van der Waals surface area contributed by atoms with Crippen LogP contribution in [0.4, 0.5) is 0 Å². The zero-order valence-corrected chi connectivity index (χ0v) is 9.93. The Morgan fingerprint density at radius 3 is 2.88 bits per heavy atom. The van der Waals surface area contributed by atoms with Gasteiger partial charge in [-0.1, -0.05) is 0 Å². The van der Waals surface area contributed by atoms with E-state index in [9.17, 15) is 4.79 Å². The number of carbonyl (C=O) groups excluding carboxylic acids is 1. The van der Waals surface area contributed by atoms with Crippen molar-refractivity contribution in [1.82, 2.24) is 4.90 Å². The average molecular weight is 239 g/mol. The summed E-state index contributed by atoms with van der Waals surface area (Å²) in [4.78, 5) is 13.9. The van der Waals surface area contributed by atoms with Crippen molar-refractivity contribution in [3.63, 3.8) is 0 Å². The molecule has 17 heavy (non-hydrogen) atoms. The molecule has 1 fully saturated rings. The smallest absolute Gasteiger partial charge is 0.317 e.